The monoisotopic (exact) mass is 430 g/mol. The van der Waals surface area contributed by atoms with Crippen LogP contribution < -0.4 is 19.5 Å². The molecule has 2 aromatic carbocycles. The number of benzene rings is 2. The maximum Gasteiger partial charge on any atom is 0.262 e. The summed E-state index contributed by atoms with van der Waals surface area (Å²) < 4.78 is 38.9. The number of carbonyl (C=O) groups excluding carboxylic acids is 1. The summed E-state index contributed by atoms with van der Waals surface area (Å²) >= 11 is 0. The van der Waals surface area contributed by atoms with Gasteiger partial charge in [-0.05, 0) is 55.2 Å². The highest BCUT2D eigenvalue weighted by atomic mass is 32.2. The Morgan fingerprint density at radius 2 is 1.67 bits per heavy atom. The molecule has 1 saturated carbocycles. The van der Waals surface area contributed by atoms with Gasteiger partial charge in [0, 0.05) is 23.4 Å². The Labute approximate surface area is 176 Å². The van der Waals surface area contributed by atoms with E-state index in [1.54, 1.807) is 30.3 Å². The van der Waals surface area contributed by atoms with E-state index in [0.29, 0.717) is 41.9 Å². The van der Waals surface area contributed by atoms with Crippen LogP contribution in [0.4, 0.5) is 5.69 Å². The molecule has 1 aliphatic carbocycles. The first kappa shape index (κ1) is 20.5. The Bertz CT molecular complexity index is 1020. The van der Waals surface area contributed by atoms with Crippen LogP contribution in [0.1, 0.15) is 43.0 Å². The Balaban J connectivity index is 1.43. The SMILES string of the molecule is CC1CCCCC1NC(=O)c1ccc(NS(=O)(=O)c2ccc3c(c2)OCCO3)cc1. The van der Waals surface area contributed by atoms with Crippen LogP contribution in [0.3, 0.4) is 0 Å². The second kappa shape index (κ2) is 8.55. The number of rotatable bonds is 5. The van der Waals surface area contributed by atoms with Crippen molar-refractivity contribution in [2.75, 3.05) is 17.9 Å². The van der Waals surface area contributed by atoms with E-state index in [2.05, 4.69) is 17.0 Å². The van der Waals surface area contributed by atoms with Gasteiger partial charge in [0.25, 0.3) is 15.9 Å². The van der Waals surface area contributed by atoms with Gasteiger partial charge in [-0.1, -0.05) is 19.8 Å². The minimum Gasteiger partial charge on any atom is -0.486 e. The van der Waals surface area contributed by atoms with Crippen LogP contribution >= 0.6 is 0 Å². The highest BCUT2D eigenvalue weighted by Crippen LogP contribution is 2.32. The molecule has 4 rings (SSSR count). The zero-order chi connectivity index (χ0) is 21.1. The molecule has 160 valence electrons. The Hall–Kier alpha value is -2.74. The first-order valence-electron chi connectivity index (χ1n) is 10.3. The lowest BCUT2D eigenvalue weighted by molar-refractivity contribution is 0.0910. The zero-order valence-corrected chi connectivity index (χ0v) is 17.7. The third-order valence-electron chi connectivity index (χ3n) is 5.65. The second-order valence-electron chi connectivity index (χ2n) is 7.83. The summed E-state index contributed by atoms with van der Waals surface area (Å²) in [4.78, 5) is 12.6. The largest absolute Gasteiger partial charge is 0.486 e. The van der Waals surface area contributed by atoms with Crippen molar-refractivity contribution in [3.05, 3.63) is 48.0 Å². The van der Waals surface area contributed by atoms with Gasteiger partial charge in [0.1, 0.15) is 13.2 Å². The van der Waals surface area contributed by atoms with Gasteiger partial charge in [-0.15, -0.1) is 0 Å². The van der Waals surface area contributed by atoms with Gasteiger partial charge >= 0.3 is 0 Å². The molecule has 1 aliphatic heterocycles. The fourth-order valence-corrected chi connectivity index (χ4v) is 4.95. The van der Waals surface area contributed by atoms with Gasteiger partial charge in [-0.25, -0.2) is 8.42 Å². The highest BCUT2D eigenvalue weighted by Gasteiger charge is 2.23. The normalized spacial score (nSPS) is 21.0. The Morgan fingerprint density at radius 3 is 2.40 bits per heavy atom. The number of hydrogen-bond acceptors (Lipinski definition) is 5. The van der Waals surface area contributed by atoms with Gasteiger partial charge in [-0.3, -0.25) is 9.52 Å². The molecule has 2 aliphatic rings. The van der Waals surface area contributed by atoms with Crippen LogP contribution in [-0.4, -0.2) is 33.6 Å². The molecule has 0 saturated heterocycles. The van der Waals surface area contributed by atoms with Crippen molar-refractivity contribution in [2.45, 2.75) is 43.5 Å². The average Bonchev–Trinajstić information content (AvgIpc) is 2.75. The summed E-state index contributed by atoms with van der Waals surface area (Å²) in [7, 11) is -3.80. The third kappa shape index (κ3) is 4.53. The first-order chi connectivity index (χ1) is 14.4. The van der Waals surface area contributed by atoms with Crippen LogP contribution in [0.15, 0.2) is 47.4 Å². The molecule has 0 bridgehead atoms. The van der Waals surface area contributed by atoms with E-state index >= 15 is 0 Å². The third-order valence-corrected chi connectivity index (χ3v) is 7.03. The minimum atomic E-state index is -3.80. The molecule has 8 heteroatoms. The van der Waals surface area contributed by atoms with Gasteiger partial charge in [-0.2, -0.15) is 0 Å². The summed E-state index contributed by atoms with van der Waals surface area (Å²) in [5.74, 6) is 1.28. The lowest BCUT2D eigenvalue weighted by Gasteiger charge is -2.29. The fraction of sp³-hybridized carbons (Fsp3) is 0.409. The molecule has 0 radical (unpaired) electrons. The second-order valence-corrected chi connectivity index (χ2v) is 9.51. The molecule has 0 spiro atoms. The molecule has 2 aromatic rings. The molecule has 7 nitrogen and oxygen atoms in total. The Kier molecular flexibility index (Phi) is 5.85. The molecule has 2 N–H and O–H groups in total. The summed E-state index contributed by atoms with van der Waals surface area (Å²) in [6, 6.07) is 11.1. The number of hydrogen-bond donors (Lipinski definition) is 2. The van der Waals surface area contributed by atoms with E-state index in [1.807, 2.05) is 0 Å². The summed E-state index contributed by atoms with van der Waals surface area (Å²) in [6.45, 7) is 2.99. The molecule has 30 heavy (non-hydrogen) atoms. The standard InChI is InChI=1S/C22H26N2O5S/c1-15-4-2-3-5-19(15)23-22(25)16-6-8-17(9-7-16)24-30(26,27)18-10-11-20-21(14-18)29-13-12-28-20/h6-11,14-15,19,24H,2-5,12-13H2,1H3,(H,23,25). The zero-order valence-electron chi connectivity index (χ0n) is 16.9. The quantitative estimate of drug-likeness (QED) is 0.756. The fourth-order valence-electron chi connectivity index (χ4n) is 3.88. The van der Waals surface area contributed by atoms with Crippen LogP contribution in [0.2, 0.25) is 0 Å². The number of fused-ring (bicyclic) bond motifs is 1. The molecule has 1 heterocycles. The molecular weight excluding hydrogens is 404 g/mol. The first-order valence-corrected chi connectivity index (χ1v) is 11.7. The van der Waals surface area contributed by atoms with Crippen LogP contribution in [-0.2, 0) is 10.0 Å². The van der Waals surface area contributed by atoms with Gasteiger partial charge in [0.05, 0.1) is 4.90 Å². The highest BCUT2D eigenvalue weighted by molar-refractivity contribution is 7.92. The number of amides is 1. The lowest BCUT2D eigenvalue weighted by atomic mass is 9.86. The van der Waals surface area contributed by atoms with E-state index in [0.717, 1.165) is 19.3 Å². The number of ether oxygens (including phenoxy) is 2. The van der Waals surface area contributed by atoms with E-state index < -0.39 is 10.0 Å². The number of anilines is 1. The smallest absolute Gasteiger partial charge is 0.262 e. The minimum absolute atomic E-state index is 0.0832. The molecule has 1 fully saturated rings. The Morgan fingerprint density at radius 1 is 0.967 bits per heavy atom. The molecule has 2 atom stereocenters. The number of sulfonamides is 1. The number of nitrogens with one attached hydrogen (secondary N) is 2. The van der Waals surface area contributed by atoms with Gasteiger partial charge in [0.15, 0.2) is 11.5 Å². The number of carbonyl (C=O) groups is 1. The van der Waals surface area contributed by atoms with Crippen molar-refractivity contribution in [2.24, 2.45) is 5.92 Å². The molecular formula is C22H26N2O5S. The van der Waals surface area contributed by atoms with Crippen molar-refractivity contribution in [1.29, 1.82) is 0 Å². The van der Waals surface area contributed by atoms with Crippen molar-refractivity contribution in [1.82, 2.24) is 5.32 Å². The molecule has 0 aromatic heterocycles. The lowest BCUT2D eigenvalue weighted by Crippen LogP contribution is -2.41. The predicted octanol–water partition coefficient (Wildman–Crippen LogP) is 3.57. The van der Waals surface area contributed by atoms with Crippen molar-refractivity contribution >= 4 is 21.6 Å². The van der Waals surface area contributed by atoms with Gasteiger partial charge < -0.3 is 14.8 Å². The summed E-state index contributed by atoms with van der Waals surface area (Å²) in [6.07, 6.45) is 4.48. The summed E-state index contributed by atoms with van der Waals surface area (Å²) in [5, 5.41) is 3.10. The van der Waals surface area contributed by atoms with Crippen LogP contribution in [0, 0.1) is 5.92 Å². The topological polar surface area (TPSA) is 93.7 Å². The molecule has 2 unspecified atom stereocenters. The van der Waals surface area contributed by atoms with Crippen molar-refractivity contribution in [3.63, 3.8) is 0 Å². The van der Waals surface area contributed by atoms with E-state index in [9.17, 15) is 13.2 Å². The predicted molar refractivity (Wildman–Crippen MR) is 114 cm³/mol. The molecule has 1 amide bonds. The van der Waals surface area contributed by atoms with Crippen LogP contribution in [0.5, 0.6) is 11.5 Å². The van der Waals surface area contributed by atoms with Gasteiger partial charge in [0.2, 0.25) is 0 Å². The summed E-state index contributed by atoms with van der Waals surface area (Å²) in [5.41, 5.74) is 0.891. The van der Waals surface area contributed by atoms with E-state index in [1.165, 1.54) is 18.6 Å². The average molecular weight is 431 g/mol. The van der Waals surface area contributed by atoms with E-state index in [4.69, 9.17) is 9.47 Å². The van der Waals surface area contributed by atoms with Crippen molar-refractivity contribution < 1.29 is 22.7 Å². The van der Waals surface area contributed by atoms with E-state index in [-0.39, 0.29) is 16.8 Å². The van der Waals surface area contributed by atoms with Crippen LogP contribution in [0.25, 0.3) is 0 Å². The van der Waals surface area contributed by atoms with Crippen molar-refractivity contribution in [3.8, 4) is 11.5 Å². The maximum absolute atomic E-state index is 12.7. The maximum atomic E-state index is 12.7.